The third-order valence-electron chi connectivity index (χ3n) is 5.58. The molecular weight excluding hydrogens is 400 g/mol. The average molecular weight is 431 g/mol. The number of amides is 2. The first-order chi connectivity index (χ1) is 14.6. The van der Waals surface area contributed by atoms with Crippen molar-refractivity contribution in [1.82, 2.24) is 20.0 Å². The van der Waals surface area contributed by atoms with Gasteiger partial charge in [0.25, 0.3) is 5.91 Å². The monoisotopic (exact) mass is 430 g/mol. The molecule has 6 nitrogen and oxygen atoms in total. The summed E-state index contributed by atoms with van der Waals surface area (Å²) in [5.74, 6) is -0.133. The van der Waals surface area contributed by atoms with Crippen LogP contribution >= 0.6 is 11.6 Å². The molecule has 30 heavy (non-hydrogen) atoms. The van der Waals surface area contributed by atoms with Gasteiger partial charge in [-0.1, -0.05) is 56.0 Å². The molecule has 1 saturated heterocycles. The Hall–Kier alpha value is -2.34. The molecule has 1 aromatic heterocycles. The highest BCUT2D eigenvalue weighted by Gasteiger charge is 2.29. The van der Waals surface area contributed by atoms with Crippen LogP contribution in [0.25, 0.3) is 0 Å². The molecule has 1 unspecified atom stereocenters. The maximum absolute atomic E-state index is 12.9. The lowest BCUT2D eigenvalue weighted by Gasteiger charge is -2.31. The molecule has 0 saturated carbocycles. The summed E-state index contributed by atoms with van der Waals surface area (Å²) in [5, 5.41) is 8.04. The number of likely N-dealkylation sites (tertiary alicyclic amines) is 1. The summed E-state index contributed by atoms with van der Waals surface area (Å²) in [6.07, 6.45) is 9.56. The fourth-order valence-electron chi connectivity index (χ4n) is 3.83. The van der Waals surface area contributed by atoms with E-state index in [-0.39, 0.29) is 17.7 Å². The summed E-state index contributed by atoms with van der Waals surface area (Å²) < 4.78 is 1.72. The van der Waals surface area contributed by atoms with Gasteiger partial charge in [-0.3, -0.25) is 14.3 Å². The van der Waals surface area contributed by atoms with Crippen molar-refractivity contribution in [2.24, 2.45) is 5.92 Å². The maximum Gasteiger partial charge on any atom is 0.257 e. The van der Waals surface area contributed by atoms with Gasteiger partial charge in [-0.15, -0.1) is 0 Å². The zero-order chi connectivity index (χ0) is 21.3. The molecule has 7 heteroatoms. The van der Waals surface area contributed by atoms with Gasteiger partial charge in [-0.05, 0) is 30.9 Å². The first kappa shape index (κ1) is 22.3. The molecule has 0 aliphatic carbocycles. The Labute approximate surface area is 183 Å². The van der Waals surface area contributed by atoms with Gasteiger partial charge in [0.2, 0.25) is 5.91 Å². The molecule has 2 amide bonds. The van der Waals surface area contributed by atoms with Gasteiger partial charge in [0.15, 0.2) is 0 Å². The summed E-state index contributed by atoms with van der Waals surface area (Å²) in [4.78, 5) is 27.2. The minimum absolute atomic E-state index is 0.0680. The van der Waals surface area contributed by atoms with Crippen molar-refractivity contribution in [1.29, 1.82) is 0 Å². The van der Waals surface area contributed by atoms with Crippen LogP contribution in [0, 0.1) is 5.92 Å². The van der Waals surface area contributed by atoms with Gasteiger partial charge >= 0.3 is 0 Å². The number of nitrogens with one attached hydrogen (secondary N) is 1. The Morgan fingerprint density at radius 3 is 2.87 bits per heavy atom. The second-order valence-electron chi connectivity index (χ2n) is 7.96. The highest BCUT2D eigenvalue weighted by molar-refractivity contribution is 6.31. The van der Waals surface area contributed by atoms with Gasteiger partial charge in [0.1, 0.15) is 0 Å². The number of aromatic nitrogens is 2. The Morgan fingerprint density at radius 2 is 2.07 bits per heavy atom. The van der Waals surface area contributed by atoms with Gasteiger partial charge in [0, 0.05) is 30.9 Å². The van der Waals surface area contributed by atoms with Gasteiger partial charge in [-0.2, -0.15) is 5.10 Å². The molecule has 3 rings (SSSR count). The van der Waals surface area contributed by atoms with E-state index in [0.29, 0.717) is 30.2 Å². The summed E-state index contributed by atoms with van der Waals surface area (Å²) in [6, 6.07) is 7.61. The van der Waals surface area contributed by atoms with E-state index in [0.717, 1.165) is 37.8 Å². The number of unbranched alkanes of at least 4 members (excludes halogenated alkanes) is 3. The standard InChI is InChI=1S/C23H31ClN4O2/c1-2-3-4-7-12-25-22(29)19-10-8-13-27(15-19)23(30)20-14-26-28(17-20)16-18-9-5-6-11-21(18)24/h5-6,9,11,14,17,19H,2-4,7-8,10,12-13,15-16H2,1H3,(H,25,29). The molecular formula is C23H31ClN4O2. The summed E-state index contributed by atoms with van der Waals surface area (Å²) in [5.41, 5.74) is 1.50. The van der Waals surface area contributed by atoms with E-state index in [9.17, 15) is 9.59 Å². The van der Waals surface area contributed by atoms with Crippen LogP contribution in [0.1, 0.15) is 61.4 Å². The first-order valence-electron chi connectivity index (χ1n) is 10.9. The van der Waals surface area contributed by atoms with Crippen molar-refractivity contribution in [3.05, 3.63) is 52.8 Å². The number of hydrogen-bond acceptors (Lipinski definition) is 3. The lowest BCUT2D eigenvalue weighted by Crippen LogP contribution is -2.45. The zero-order valence-electron chi connectivity index (χ0n) is 17.6. The van der Waals surface area contributed by atoms with Crippen LogP contribution in [-0.2, 0) is 11.3 Å². The highest BCUT2D eigenvalue weighted by atomic mass is 35.5. The van der Waals surface area contributed by atoms with Crippen molar-refractivity contribution in [2.45, 2.75) is 52.0 Å². The molecule has 2 heterocycles. The predicted molar refractivity (Wildman–Crippen MR) is 119 cm³/mol. The van der Waals surface area contributed by atoms with Gasteiger partial charge in [0.05, 0.1) is 24.2 Å². The smallest absolute Gasteiger partial charge is 0.257 e. The van der Waals surface area contributed by atoms with Crippen LogP contribution < -0.4 is 5.32 Å². The molecule has 1 fully saturated rings. The SMILES string of the molecule is CCCCCCNC(=O)C1CCCN(C(=O)c2cnn(Cc3ccccc3Cl)c2)C1. The third-order valence-corrected chi connectivity index (χ3v) is 5.95. The van der Waals surface area contributed by atoms with Crippen LogP contribution in [0.2, 0.25) is 5.02 Å². The van der Waals surface area contributed by atoms with Crippen molar-refractivity contribution < 1.29 is 9.59 Å². The molecule has 1 aliphatic heterocycles. The van der Waals surface area contributed by atoms with E-state index >= 15 is 0 Å². The van der Waals surface area contributed by atoms with Gasteiger partial charge < -0.3 is 10.2 Å². The minimum atomic E-state index is -0.132. The van der Waals surface area contributed by atoms with Crippen molar-refractivity contribution in [2.75, 3.05) is 19.6 Å². The van der Waals surface area contributed by atoms with Crippen LogP contribution in [0.4, 0.5) is 0 Å². The van der Waals surface area contributed by atoms with Crippen LogP contribution in [0.15, 0.2) is 36.7 Å². The quantitative estimate of drug-likeness (QED) is 0.608. The summed E-state index contributed by atoms with van der Waals surface area (Å²) >= 11 is 6.22. The molecule has 1 aliphatic rings. The van der Waals surface area contributed by atoms with E-state index in [4.69, 9.17) is 11.6 Å². The van der Waals surface area contributed by atoms with E-state index in [1.165, 1.54) is 12.8 Å². The van der Waals surface area contributed by atoms with Crippen LogP contribution in [0.5, 0.6) is 0 Å². The lowest BCUT2D eigenvalue weighted by atomic mass is 9.96. The number of piperidine rings is 1. The molecule has 1 atom stereocenters. The zero-order valence-corrected chi connectivity index (χ0v) is 18.4. The van der Waals surface area contributed by atoms with Crippen LogP contribution in [-0.4, -0.2) is 46.1 Å². The number of carbonyl (C=O) groups is 2. The first-order valence-corrected chi connectivity index (χ1v) is 11.3. The summed E-state index contributed by atoms with van der Waals surface area (Å²) in [6.45, 7) is 4.55. The number of nitrogens with zero attached hydrogens (tertiary/aromatic N) is 3. The second kappa shape index (κ2) is 11.2. The van der Waals surface area contributed by atoms with Crippen LogP contribution in [0.3, 0.4) is 0 Å². The van der Waals surface area contributed by atoms with E-state index in [1.54, 1.807) is 22.0 Å². The minimum Gasteiger partial charge on any atom is -0.356 e. The highest BCUT2D eigenvalue weighted by Crippen LogP contribution is 2.20. The van der Waals surface area contributed by atoms with E-state index < -0.39 is 0 Å². The Balaban J connectivity index is 1.53. The molecule has 0 spiro atoms. The number of rotatable bonds is 9. The summed E-state index contributed by atoms with van der Waals surface area (Å²) in [7, 11) is 0. The topological polar surface area (TPSA) is 67.2 Å². The molecule has 0 bridgehead atoms. The third kappa shape index (κ3) is 6.08. The number of hydrogen-bond donors (Lipinski definition) is 1. The molecule has 1 aromatic carbocycles. The largest absolute Gasteiger partial charge is 0.356 e. The van der Waals surface area contributed by atoms with E-state index in [1.807, 2.05) is 24.3 Å². The normalized spacial score (nSPS) is 16.5. The predicted octanol–water partition coefficient (Wildman–Crippen LogP) is 4.13. The molecule has 1 N–H and O–H groups in total. The Morgan fingerprint density at radius 1 is 1.23 bits per heavy atom. The molecule has 2 aromatic rings. The van der Waals surface area contributed by atoms with Crippen molar-refractivity contribution in [3.8, 4) is 0 Å². The van der Waals surface area contributed by atoms with Crippen molar-refractivity contribution >= 4 is 23.4 Å². The fraction of sp³-hybridized carbons (Fsp3) is 0.522. The second-order valence-corrected chi connectivity index (χ2v) is 8.37. The number of halogens is 1. The van der Waals surface area contributed by atoms with Crippen molar-refractivity contribution in [3.63, 3.8) is 0 Å². The number of carbonyl (C=O) groups excluding carboxylic acids is 2. The number of benzene rings is 1. The average Bonchev–Trinajstić information content (AvgIpc) is 3.23. The van der Waals surface area contributed by atoms with Gasteiger partial charge in [-0.25, -0.2) is 0 Å². The molecule has 162 valence electrons. The van der Waals surface area contributed by atoms with E-state index in [2.05, 4.69) is 17.3 Å². The Kier molecular flexibility index (Phi) is 8.31. The fourth-order valence-corrected chi connectivity index (χ4v) is 4.02. The molecule has 0 radical (unpaired) electrons. The maximum atomic E-state index is 12.9. The lowest BCUT2D eigenvalue weighted by molar-refractivity contribution is -0.126. The Bertz CT molecular complexity index is 851.